The van der Waals surface area contributed by atoms with Gasteiger partial charge in [0.05, 0.1) is 6.10 Å². The Morgan fingerprint density at radius 3 is 2.56 bits per heavy atom. The fraction of sp³-hybridized carbons (Fsp3) is 0.812. The third-order valence-electron chi connectivity index (χ3n) is 5.92. The predicted molar refractivity (Wildman–Crippen MR) is 73.1 cm³/mol. The van der Waals surface area contributed by atoms with Crippen LogP contribution in [0.25, 0.3) is 0 Å². The van der Waals surface area contributed by atoms with Crippen LogP contribution in [-0.4, -0.2) is 17.0 Å². The van der Waals surface area contributed by atoms with Gasteiger partial charge in [-0.15, -0.1) is 6.58 Å². The van der Waals surface area contributed by atoms with Crippen molar-refractivity contribution in [3.8, 4) is 0 Å². The van der Waals surface area contributed by atoms with Gasteiger partial charge in [0.2, 0.25) is 0 Å². The number of ketones is 1. The third-order valence-corrected chi connectivity index (χ3v) is 5.92. The Morgan fingerprint density at radius 1 is 1.50 bits per heavy atom. The van der Waals surface area contributed by atoms with Crippen LogP contribution in [0.5, 0.6) is 0 Å². The highest BCUT2D eigenvalue weighted by molar-refractivity contribution is 5.81. The molecule has 2 nitrogen and oxygen atoms in total. The average Bonchev–Trinajstić information content (AvgIpc) is 2.66. The van der Waals surface area contributed by atoms with Crippen molar-refractivity contribution in [2.24, 2.45) is 28.6 Å². The largest absolute Gasteiger partial charge is 0.392 e. The molecule has 0 aromatic heterocycles. The first kappa shape index (κ1) is 13.8. The zero-order valence-corrected chi connectivity index (χ0v) is 12.1. The van der Waals surface area contributed by atoms with Crippen molar-refractivity contribution in [1.82, 2.24) is 0 Å². The summed E-state index contributed by atoms with van der Waals surface area (Å²) in [4.78, 5) is 11.8. The Kier molecular flexibility index (Phi) is 3.21. The topological polar surface area (TPSA) is 37.3 Å². The van der Waals surface area contributed by atoms with Crippen molar-refractivity contribution in [3.63, 3.8) is 0 Å². The molecule has 2 heteroatoms. The number of carbonyl (C=O) groups is 1. The van der Waals surface area contributed by atoms with Gasteiger partial charge in [-0.05, 0) is 24.7 Å². The molecular weight excluding hydrogens is 224 g/mol. The molecule has 0 bridgehead atoms. The zero-order chi connectivity index (χ0) is 13.7. The molecule has 0 aromatic rings. The van der Waals surface area contributed by atoms with E-state index < -0.39 is 6.10 Å². The highest BCUT2D eigenvalue weighted by Gasteiger charge is 2.78. The summed E-state index contributed by atoms with van der Waals surface area (Å²) in [5, 5.41) is 10.5. The van der Waals surface area contributed by atoms with Crippen LogP contribution in [0.1, 0.15) is 47.0 Å². The SMILES string of the molecule is C=C[C@]12[C@H](C)CC[C@H]1[C@]2(C)[C@H](O)CC(=O)C(C)C. The summed E-state index contributed by atoms with van der Waals surface area (Å²) in [6, 6.07) is 0. The second-order valence-corrected chi connectivity index (χ2v) is 6.79. The zero-order valence-electron chi connectivity index (χ0n) is 12.1. The van der Waals surface area contributed by atoms with Crippen LogP contribution in [0.4, 0.5) is 0 Å². The van der Waals surface area contributed by atoms with Gasteiger partial charge in [0.15, 0.2) is 0 Å². The number of fused-ring (bicyclic) bond motifs is 1. The predicted octanol–water partition coefficient (Wildman–Crippen LogP) is 3.20. The molecule has 0 saturated heterocycles. The van der Waals surface area contributed by atoms with Gasteiger partial charge in [0.1, 0.15) is 5.78 Å². The minimum atomic E-state index is -0.516. The molecular formula is C16H26O2. The summed E-state index contributed by atoms with van der Waals surface area (Å²) in [5.74, 6) is 1.28. The molecule has 2 aliphatic rings. The van der Waals surface area contributed by atoms with Crippen molar-refractivity contribution in [2.75, 3.05) is 0 Å². The van der Waals surface area contributed by atoms with Crippen molar-refractivity contribution >= 4 is 5.78 Å². The van der Waals surface area contributed by atoms with E-state index in [-0.39, 0.29) is 22.5 Å². The molecule has 0 radical (unpaired) electrons. The van der Waals surface area contributed by atoms with Gasteiger partial charge in [-0.3, -0.25) is 4.79 Å². The van der Waals surface area contributed by atoms with Crippen LogP contribution in [0.2, 0.25) is 0 Å². The van der Waals surface area contributed by atoms with E-state index in [4.69, 9.17) is 0 Å². The van der Waals surface area contributed by atoms with Gasteiger partial charge < -0.3 is 5.11 Å². The standard InChI is InChI=1S/C16H26O2/c1-6-16-11(4)7-8-13(16)15(16,5)14(18)9-12(17)10(2)3/h6,10-11,13-14,18H,1,7-9H2,2-5H3/t11-,13+,14-,15-,16+/m1/s1. The molecule has 102 valence electrons. The molecule has 1 N–H and O–H groups in total. The van der Waals surface area contributed by atoms with E-state index in [9.17, 15) is 9.90 Å². The summed E-state index contributed by atoms with van der Waals surface area (Å²) in [6.45, 7) is 12.2. The van der Waals surface area contributed by atoms with Crippen LogP contribution in [0.15, 0.2) is 12.7 Å². The number of hydrogen-bond donors (Lipinski definition) is 1. The molecule has 0 spiro atoms. The normalized spacial score (nSPS) is 43.7. The molecule has 5 atom stereocenters. The van der Waals surface area contributed by atoms with Crippen LogP contribution >= 0.6 is 0 Å². The van der Waals surface area contributed by atoms with Gasteiger partial charge in [-0.25, -0.2) is 0 Å². The van der Waals surface area contributed by atoms with Crippen LogP contribution in [0, 0.1) is 28.6 Å². The Hall–Kier alpha value is -0.630. The second-order valence-electron chi connectivity index (χ2n) is 6.79. The lowest BCUT2D eigenvalue weighted by Crippen LogP contribution is -2.32. The number of allylic oxidation sites excluding steroid dienone is 1. The van der Waals surface area contributed by atoms with E-state index in [0.717, 1.165) is 6.42 Å². The Labute approximate surface area is 110 Å². The van der Waals surface area contributed by atoms with E-state index in [1.165, 1.54) is 6.42 Å². The molecule has 2 rings (SSSR count). The van der Waals surface area contributed by atoms with Gasteiger partial charge in [0.25, 0.3) is 0 Å². The Bertz CT molecular complexity index is 373. The Morgan fingerprint density at radius 2 is 2.11 bits per heavy atom. The summed E-state index contributed by atoms with van der Waals surface area (Å²) in [5.41, 5.74) is -0.0549. The molecule has 2 fully saturated rings. The number of hydrogen-bond acceptors (Lipinski definition) is 2. The van der Waals surface area contributed by atoms with Gasteiger partial charge in [-0.1, -0.05) is 33.8 Å². The van der Waals surface area contributed by atoms with Crippen LogP contribution < -0.4 is 0 Å². The maximum atomic E-state index is 11.8. The minimum absolute atomic E-state index is 0.0129. The highest BCUT2D eigenvalue weighted by atomic mass is 16.3. The summed E-state index contributed by atoms with van der Waals surface area (Å²) < 4.78 is 0. The number of Topliss-reactive ketones (excluding diaryl/α,β-unsaturated/α-hetero) is 1. The lowest BCUT2D eigenvalue weighted by molar-refractivity contribution is -0.125. The number of aliphatic hydroxyl groups is 1. The van der Waals surface area contributed by atoms with Gasteiger partial charge in [-0.2, -0.15) is 0 Å². The first-order valence-corrected chi connectivity index (χ1v) is 7.16. The molecule has 18 heavy (non-hydrogen) atoms. The van der Waals surface area contributed by atoms with Crippen molar-refractivity contribution in [2.45, 2.75) is 53.1 Å². The average molecular weight is 250 g/mol. The summed E-state index contributed by atoms with van der Waals surface area (Å²) >= 11 is 0. The van der Waals surface area contributed by atoms with Gasteiger partial charge in [0, 0.05) is 23.2 Å². The fourth-order valence-corrected chi connectivity index (χ4v) is 4.59. The van der Waals surface area contributed by atoms with E-state index in [2.05, 4.69) is 26.5 Å². The summed E-state index contributed by atoms with van der Waals surface area (Å²) in [6.07, 6.45) is 4.22. The van der Waals surface area contributed by atoms with E-state index in [1.54, 1.807) is 0 Å². The minimum Gasteiger partial charge on any atom is -0.392 e. The van der Waals surface area contributed by atoms with Crippen molar-refractivity contribution in [3.05, 3.63) is 12.7 Å². The van der Waals surface area contributed by atoms with Crippen LogP contribution in [0.3, 0.4) is 0 Å². The van der Waals surface area contributed by atoms with Crippen molar-refractivity contribution in [1.29, 1.82) is 0 Å². The van der Waals surface area contributed by atoms with Crippen LogP contribution in [-0.2, 0) is 4.79 Å². The van der Waals surface area contributed by atoms with E-state index in [1.807, 2.05) is 13.8 Å². The first-order chi connectivity index (χ1) is 8.32. The van der Waals surface area contributed by atoms with E-state index in [0.29, 0.717) is 18.3 Å². The second kappa shape index (κ2) is 4.19. The Balaban J connectivity index is 2.15. The first-order valence-electron chi connectivity index (χ1n) is 7.16. The molecule has 0 unspecified atom stereocenters. The maximum absolute atomic E-state index is 11.8. The molecule has 0 amide bonds. The third kappa shape index (κ3) is 1.48. The van der Waals surface area contributed by atoms with E-state index >= 15 is 0 Å². The molecule has 2 saturated carbocycles. The molecule has 0 aromatic carbocycles. The number of carbonyl (C=O) groups excluding carboxylic acids is 1. The quantitative estimate of drug-likeness (QED) is 0.761. The monoisotopic (exact) mass is 250 g/mol. The maximum Gasteiger partial charge on any atom is 0.138 e. The fourth-order valence-electron chi connectivity index (χ4n) is 4.59. The molecule has 0 heterocycles. The highest BCUT2D eigenvalue weighted by Crippen LogP contribution is 2.80. The van der Waals surface area contributed by atoms with Gasteiger partial charge >= 0.3 is 0 Å². The summed E-state index contributed by atoms with van der Waals surface area (Å²) in [7, 11) is 0. The number of rotatable bonds is 5. The number of aliphatic hydroxyl groups excluding tert-OH is 1. The lowest BCUT2D eigenvalue weighted by atomic mass is 9.77. The smallest absolute Gasteiger partial charge is 0.138 e. The molecule has 2 aliphatic carbocycles. The lowest BCUT2D eigenvalue weighted by Gasteiger charge is -2.29. The molecule has 0 aliphatic heterocycles. The van der Waals surface area contributed by atoms with Crippen molar-refractivity contribution < 1.29 is 9.90 Å².